The molecule has 0 aliphatic heterocycles. The molecule has 0 spiro atoms. The van der Waals surface area contributed by atoms with Crippen LogP contribution in [-0.2, 0) is 22.0 Å². The van der Waals surface area contributed by atoms with Crippen molar-refractivity contribution in [3.63, 3.8) is 0 Å². The van der Waals surface area contributed by atoms with E-state index < -0.39 is 5.97 Å². The van der Waals surface area contributed by atoms with Crippen molar-refractivity contribution in [3.05, 3.63) is 34.9 Å². The third-order valence-corrected chi connectivity index (χ3v) is 7.94. The highest BCUT2D eigenvalue weighted by Gasteiger charge is 2.26. The molecular weight excluding hydrogens is 452 g/mol. The second-order valence-electron chi connectivity index (χ2n) is 13.7. The summed E-state index contributed by atoms with van der Waals surface area (Å²) >= 11 is 0. The topological polar surface area (TPSA) is 37.3 Å². The van der Waals surface area contributed by atoms with Gasteiger partial charge in [0.1, 0.15) is 0 Å². The van der Waals surface area contributed by atoms with Crippen molar-refractivity contribution < 1.29 is 9.90 Å². The Morgan fingerprint density at radius 2 is 1.05 bits per heavy atom. The molecule has 0 aliphatic rings. The summed E-state index contributed by atoms with van der Waals surface area (Å²) in [6, 6.07) is 6.69. The van der Waals surface area contributed by atoms with Crippen LogP contribution in [0.4, 0.5) is 0 Å². The minimum atomic E-state index is -0.641. The van der Waals surface area contributed by atoms with Crippen LogP contribution in [0.1, 0.15) is 174 Å². The van der Waals surface area contributed by atoms with Crippen LogP contribution >= 0.6 is 0 Å². The first-order valence-corrected chi connectivity index (χ1v) is 15.8. The van der Waals surface area contributed by atoms with E-state index in [9.17, 15) is 9.90 Å². The van der Waals surface area contributed by atoms with Crippen molar-refractivity contribution in [1.29, 1.82) is 0 Å². The summed E-state index contributed by atoms with van der Waals surface area (Å²) in [7, 11) is 0. The molecule has 1 aromatic carbocycles. The summed E-state index contributed by atoms with van der Waals surface area (Å²) < 4.78 is 0. The standard InChI is InChI=1S/C35H62O2/c1-8-9-10-11-12-13-14-15-16-17-18-19-20-21-22-23-24-30(33(36)37)27-29-25-26-31(34(2,3)4)32(28-29)35(5,6)7/h25-26,28,30H,8-24,27H2,1-7H3,(H,36,37). The average molecular weight is 515 g/mol. The van der Waals surface area contributed by atoms with Crippen molar-refractivity contribution in [1.82, 2.24) is 0 Å². The van der Waals surface area contributed by atoms with Crippen LogP contribution in [0.2, 0.25) is 0 Å². The zero-order valence-electron chi connectivity index (χ0n) is 25.9. The Morgan fingerprint density at radius 1 is 0.649 bits per heavy atom. The van der Waals surface area contributed by atoms with E-state index in [1.807, 2.05) is 0 Å². The number of aliphatic carboxylic acids is 1. The van der Waals surface area contributed by atoms with E-state index in [-0.39, 0.29) is 16.7 Å². The van der Waals surface area contributed by atoms with Crippen LogP contribution in [0, 0.1) is 5.92 Å². The lowest BCUT2D eigenvalue weighted by Crippen LogP contribution is -2.23. The minimum absolute atomic E-state index is 0.0469. The van der Waals surface area contributed by atoms with Crippen LogP contribution in [0.5, 0.6) is 0 Å². The molecule has 2 heteroatoms. The van der Waals surface area contributed by atoms with Crippen LogP contribution in [0.3, 0.4) is 0 Å². The maximum Gasteiger partial charge on any atom is 0.306 e. The number of carboxylic acids is 1. The van der Waals surface area contributed by atoms with Gasteiger partial charge in [-0.1, -0.05) is 169 Å². The molecule has 1 atom stereocenters. The monoisotopic (exact) mass is 514 g/mol. The lowest BCUT2D eigenvalue weighted by atomic mass is 9.74. The normalized spacial score (nSPS) is 13.2. The van der Waals surface area contributed by atoms with Crippen LogP contribution in [-0.4, -0.2) is 11.1 Å². The molecule has 0 amide bonds. The Labute approximate surface area is 231 Å². The molecule has 0 saturated heterocycles. The Morgan fingerprint density at radius 3 is 1.43 bits per heavy atom. The van der Waals surface area contributed by atoms with Crippen LogP contribution in [0.15, 0.2) is 18.2 Å². The van der Waals surface area contributed by atoms with Crippen molar-refractivity contribution in [2.24, 2.45) is 5.92 Å². The van der Waals surface area contributed by atoms with Crippen LogP contribution in [0.25, 0.3) is 0 Å². The molecule has 0 saturated carbocycles. The third-order valence-electron chi connectivity index (χ3n) is 7.94. The molecule has 0 fully saturated rings. The van der Waals surface area contributed by atoms with Crippen molar-refractivity contribution in [3.8, 4) is 0 Å². The quantitative estimate of drug-likeness (QED) is 0.176. The molecule has 2 nitrogen and oxygen atoms in total. The first kappa shape index (κ1) is 33.7. The Bertz CT molecular complexity index is 735. The zero-order chi connectivity index (χ0) is 27.7. The average Bonchev–Trinajstić information content (AvgIpc) is 2.81. The van der Waals surface area contributed by atoms with Gasteiger partial charge in [-0.3, -0.25) is 4.79 Å². The number of rotatable bonds is 20. The van der Waals surface area contributed by atoms with Gasteiger partial charge in [-0.05, 0) is 40.4 Å². The van der Waals surface area contributed by atoms with E-state index in [4.69, 9.17) is 0 Å². The van der Waals surface area contributed by atoms with Gasteiger partial charge in [0, 0.05) is 0 Å². The van der Waals surface area contributed by atoms with Gasteiger partial charge in [0.2, 0.25) is 0 Å². The minimum Gasteiger partial charge on any atom is -0.481 e. The third kappa shape index (κ3) is 15.0. The smallest absolute Gasteiger partial charge is 0.306 e. The van der Waals surface area contributed by atoms with Crippen molar-refractivity contribution >= 4 is 5.97 Å². The number of unbranched alkanes of at least 4 members (excludes halogenated alkanes) is 15. The first-order chi connectivity index (χ1) is 17.5. The summed E-state index contributed by atoms with van der Waals surface area (Å²) in [4.78, 5) is 12.0. The largest absolute Gasteiger partial charge is 0.481 e. The van der Waals surface area contributed by atoms with Gasteiger partial charge in [-0.25, -0.2) is 0 Å². The molecule has 1 aromatic rings. The van der Waals surface area contributed by atoms with Gasteiger partial charge in [0.15, 0.2) is 0 Å². The molecule has 0 radical (unpaired) electrons. The SMILES string of the molecule is CCCCCCCCCCCCCCCCCCC(Cc1ccc(C(C)(C)C)c(C(C)(C)C)c1)C(=O)O. The molecule has 37 heavy (non-hydrogen) atoms. The van der Waals surface area contributed by atoms with Gasteiger partial charge in [0.25, 0.3) is 0 Å². The predicted octanol–water partition coefficient (Wildman–Crippen LogP) is 11.2. The lowest BCUT2D eigenvalue weighted by Gasteiger charge is -2.31. The van der Waals surface area contributed by atoms with Gasteiger partial charge >= 0.3 is 5.97 Å². The number of hydrogen-bond donors (Lipinski definition) is 1. The van der Waals surface area contributed by atoms with Crippen molar-refractivity contribution in [2.45, 2.75) is 175 Å². The fourth-order valence-electron chi connectivity index (χ4n) is 5.53. The van der Waals surface area contributed by atoms with Crippen molar-refractivity contribution in [2.75, 3.05) is 0 Å². The Kier molecular flexibility index (Phi) is 16.5. The number of carbonyl (C=O) groups is 1. The number of hydrogen-bond acceptors (Lipinski definition) is 1. The maximum absolute atomic E-state index is 12.0. The maximum atomic E-state index is 12.0. The Hall–Kier alpha value is -1.31. The summed E-state index contributed by atoms with van der Waals surface area (Å²) in [5.74, 6) is -0.918. The van der Waals surface area contributed by atoms with E-state index in [0.29, 0.717) is 6.42 Å². The lowest BCUT2D eigenvalue weighted by molar-refractivity contribution is -0.142. The highest BCUT2D eigenvalue weighted by Crippen LogP contribution is 2.35. The fraction of sp³-hybridized carbons (Fsp3) is 0.800. The molecule has 1 rings (SSSR count). The van der Waals surface area contributed by atoms with Gasteiger partial charge in [-0.2, -0.15) is 0 Å². The Balaban J connectivity index is 2.26. The summed E-state index contributed by atoms with van der Waals surface area (Å²) in [5.41, 5.74) is 4.02. The second kappa shape index (κ2) is 18.1. The fourth-order valence-corrected chi connectivity index (χ4v) is 5.53. The molecule has 0 heterocycles. The van der Waals surface area contributed by atoms with E-state index in [1.165, 1.54) is 107 Å². The number of benzene rings is 1. The molecule has 0 bridgehead atoms. The molecule has 0 aliphatic carbocycles. The van der Waals surface area contributed by atoms with Crippen LogP contribution < -0.4 is 0 Å². The molecule has 214 valence electrons. The highest BCUT2D eigenvalue weighted by molar-refractivity contribution is 5.70. The van der Waals surface area contributed by atoms with E-state index in [2.05, 4.69) is 66.7 Å². The predicted molar refractivity (Wildman–Crippen MR) is 163 cm³/mol. The molecule has 1 unspecified atom stereocenters. The van der Waals surface area contributed by atoms with Gasteiger partial charge in [-0.15, -0.1) is 0 Å². The molecule has 1 N–H and O–H groups in total. The number of carboxylic acid groups (broad SMARTS) is 1. The molecule has 0 aromatic heterocycles. The first-order valence-electron chi connectivity index (χ1n) is 15.8. The molecular formula is C35H62O2. The van der Waals surface area contributed by atoms with Gasteiger partial charge in [0.05, 0.1) is 5.92 Å². The highest BCUT2D eigenvalue weighted by atomic mass is 16.4. The summed E-state index contributed by atoms with van der Waals surface area (Å²) in [6.07, 6.45) is 23.0. The summed E-state index contributed by atoms with van der Waals surface area (Å²) in [5, 5.41) is 9.87. The summed E-state index contributed by atoms with van der Waals surface area (Å²) in [6.45, 7) is 15.8. The van der Waals surface area contributed by atoms with Gasteiger partial charge < -0.3 is 5.11 Å². The van der Waals surface area contributed by atoms with E-state index in [0.717, 1.165) is 19.3 Å². The van der Waals surface area contributed by atoms with E-state index in [1.54, 1.807) is 0 Å². The second-order valence-corrected chi connectivity index (χ2v) is 13.7. The zero-order valence-corrected chi connectivity index (χ0v) is 25.9. The van der Waals surface area contributed by atoms with E-state index >= 15 is 0 Å².